The molecule has 1 saturated heterocycles. The number of nitrogens with one attached hydrogen (secondary N) is 1. The van der Waals surface area contributed by atoms with Crippen molar-refractivity contribution in [3.63, 3.8) is 0 Å². The molecule has 0 saturated carbocycles. The van der Waals surface area contributed by atoms with E-state index in [2.05, 4.69) is 31.1 Å². The van der Waals surface area contributed by atoms with E-state index in [1.54, 1.807) is 18.2 Å². The van der Waals surface area contributed by atoms with Gasteiger partial charge in [-0.05, 0) is 67.6 Å². The second kappa shape index (κ2) is 12.6. The van der Waals surface area contributed by atoms with Crippen LogP contribution in [-0.4, -0.2) is 69.4 Å². The summed E-state index contributed by atoms with van der Waals surface area (Å²) < 4.78 is 51.4. The standard InChI is InChI=1S/C29H30BrFN4O4S/c1-20(40(36,37)26-7-4-23(30)5-8-26)39-25(17-31)19-38-24-6-10-27-21(16-24)2-9-28(34-27)22-3-11-29(33-18-22)35-14-12-32-13-15-35/h2-11,16,18,20,25,32H,12-15,17,19H2,1H3. The van der Waals surface area contributed by atoms with Crippen LogP contribution in [0.2, 0.25) is 0 Å². The van der Waals surface area contributed by atoms with E-state index < -0.39 is 28.1 Å². The number of halogens is 2. The largest absolute Gasteiger partial charge is 0.491 e. The van der Waals surface area contributed by atoms with Crippen LogP contribution in [0.4, 0.5) is 10.2 Å². The molecule has 1 N–H and O–H groups in total. The lowest BCUT2D eigenvalue weighted by Gasteiger charge is -2.28. The van der Waals surface area contributed by atoms with Crippen LogP contribution in [0.1, 0.15) is 6.92 Å². The molecule has 3 heterocycles. The molecule has 2 unspecified atom stereocenters. The normalized spacial score (nSPS) is 15.6. The second-order valence-corrected chi connectivity index (χ2v) is 12.6. The predicted molar refractivity (Wildman–Crippen MR) is 157 cm³/mol. The summed E-state index contributed by atoms with van der Waals surface area (Å²) in [5.41, 5.74) is 1.28. The Morgan fingerprint density at radius 2 is 1.82 bits per heavy atom. The number of fused-ring (bicyclic) bond motifs is 1. The van der Waals surface area contributed by atoms with Crippen LogP contribution in [0.15, 0.2) is 82.3 Å². The molecular formula is C29H30BrFN4O4S. The molecule has 4 aromatic rings. The summed E-state index contributed by atoms with van der Waals surface area (Å²) in [6.45, 7) is 4.15. The first-order chi connectivity index (χ1) is 19.3. The van der Waals surface area contributed by atoms with Gasteiger partial charge in [0.1, 0.15) is 31.0 Å². The summed E-state index contributed by atoms with van der Waals surface area (Å²) in [5, 5.41) is 4.20. The fraction of sp³-hybridized carbons (Fsp3) is 0.310. The molecule has 1 aliphatic heterocycles. The molecule has 2 atom stereocenters. The Kier molecular flexibility index (Phi) is 8.94. The van der Waals surface area contributed by atoms with Gasteiger partial charge in [-0.3, -0.25) is 0 Å². The molecule has 11 heteroatoms. The molecule has 2 aromatic carbocycles. The van der Waals surface area contributed by atoms with Crippen LogP contribution in [0, 0.1) is 0 Å². The maximum atomic E-state index is 13.7. The Morgan fingerprint density at radius 3 is 2.52 bits per heavy atom. The Morgan fingerprint density at radius 1 is 1.05 bits per heavy atom. The summed E-state index contributed by atoms with van der Waals surface area (Å²) in [5.74, 6) is 1.47. The fourth-order valence-electron chi connectivity index (χ4n) is 4.44. The van der Waals surface area contributed by atoms with E-state index in [9.17, 15) is 12.8 Å². The average molecular weight is 630 g/mol. The van der Waals surface area contributed by atoms with Crippen LogP contribution >= 0.6 is 15.9 Å². The number of alkyl halides is 1. The van der Waals surface area contributed by atoms with Gasteiger partial charge >= 0.3 is 0 Å². The second-order valence-electron chi connectivity index (χ2n) is 9.48. The van der Waals surface area contributed by atoms with E-state index in [0.717, 1.165) is 58.6 Å². The predicted octanol–water partition coefficient (Wildman–Crippen LogP) is 5.02. The number of pyridine rings is 2. The first-order valence-corrected chi connectivity index (χ1v) is 15.3. The zero-order valence-electron chi connectivity index (χ0n) is 22.0. The molecule has 210 valence electrons. The molecule has 1 aliphatic rings. The smallest absolute Gasteiger partial charge is 0.204 e. The number of rotatable bonds is 10. The molecule has 0 amide bonds. The molecule has 40 heavy (non-hydrogen) atoms. The van der Waals surface area contributed by atoms with Crippen molar-refractivity contribution in [2.24, 2.45) is 0 Å². The molecule has 0 radical (unpaired) electrons. The zero-order chi connectivity index (χ0) is 28.1. The number of aromatic nitrogens is 2. The number of piperazine rings is 1. The lowest BCUT2D eigenvalue weighted by atomic mass is 10.1. The van der Waals surface area contributed by atoms with E-state index in [-0.39, 0.29) is 11.5 Å². The summed E-state index contributed by atoms with van der Waals surface area (Å²) >= 11 is 3.29. The van der Waals surface area contributed by atoms with Gasteiger partial charge in [0.15, 0.2) is 5.44 Å². The van der Waals surface area contributed by atoms with Crippen molar-refractivity contribution in [3.8, 4) is 17.0 Å². The van der Waals surface area contributed by atoms with E-state index in [1.165, 1.54) is 19.1 Å². The lowest BCUT2D eigenvalue weighted by Crippen LogP contribution is -2.43. The minimum absolute atomic E-state index is 0.106. The summed E-state index contributed by atoms with van der Waals surface area (Å²) in [4.78, 5) is 11.8. The van der Waals surface area contributed by atoms with Gasteiger partial charge < -0.3 is 19.7 Å². The third-order valence-corrected chi connectivity index (χ3v) is 9.16. The van der Waals surface area contributed by atoms with Crippen molar-refractivity contribution in [2.75, 3.05) is 44.4 Å². The van der Waals surface area contributed by atoms with E-state index in [0.29, 0.717) is 5.75 Å². The lowest BCUT2D eigenvalue weighted by molar-refractivity contribution is -0.00517. The molecule has 0 aliphatic carbocycles. The van der Waals surface area contributed by atoms with Gasteiger partial charge in [-0.25, -0.2) is 22.8 Å². The number of hydrogen-bond donors (Lipinski definition) is 1. The Bertz CT molecular complexity index is 1550. The van der Waals surface area contributed by atoms with Crippen molar-refractivity contribution >= 4 is 42.5 Å². The van der Waals surface area contributed by atoms with Gasteiger partial charge in [-0.2, -0.15) is 0 Å². The minimum atomic E-state index is -3.79. The van der Waals surface area contributed by atoms with Gasteiger partial charge in [0.25, 0.3) is 0 Å². The number of hydrogen-bond acceptors (Lipinski definition) is 8. The molecule has 8 nitrogen and oxygen atoms in total. The highest BCUT2D eigenvalue weighted by molar-refractivity contribution is 9.10. The van der Waals surface area contributed by atoms with Crippen LogP contribution in [0.25, 0.3) is 22.2 Å². The molecule has 0 spiro atoms. The quantitative estimate of drug-likeness (QED) is 0.262. The average Bonchev–Trinajstić information content (AvgIpc) is 2.99. The minimum Gasteiger partial charge on any atom is -0.491 e. The maximum absolute atomic E-state index is 13.7. The van der Waals surface area contributed by atoms with Gasteiger partial charge in [0.2, 0.25) is 9.84 Å². The first-order valence-electron chi connectivity index (χ1n) is 13.0. The van der Waals surface area contributed by atoms with E-state index in [1.807, 2.05) is 42.6 Å². The van der Waals surface area contributed by atoms with Gasteiger partial charge in [-0.15, -0.1) is 0 Å². The SMILES string of the molecule is CC(OC(CF)COc1ccc2nc(-c3ccc(N4CCNCC4)nc3)ccc2c1)S(=O)(=O)c1ccc(Br)cc1. The zero-order valence-corrected chi connectivity index (χ0v) is 24.4. The highest BCUT2D eigenvalue weighted by Gasteiger charge is 2.27. The van der Waals surface area contributed by atoms with Crippen LogP contribution in [0.3, 0.4) is 0 Å². The third-order valence-electron chi connectivity index (χ3n) is 6.72. The summed E-state index contributed by atoms with van der Waals surface area (Å²) in [6, 6.07) is 19.6. The van der Waals surface area contributed by atoms with Crippen molar-refractivity contribution in [3.05, 3.63) is 77.4 Å². The molecular weight excluding hydrogens is 599 g/mol. The number of sulfone groups is 1. The van der Waals surface area contributed by atoms with Gasteiger partial charge in [0.05, 0.1) is 16.1 Å². The van der Waals surface area contributed by atoms with Crippen molar-refractivity contribution in [1.29, 1.82) is 0 Å². The summed E-state index contributed by atoms with van der Waals surface area (Å²) in [6.07, 6.45) is 0.797. The third kappa shape index (κ3) is 6.60. The topological polar surface area (TPSA) is 93.7 Å². The van der Waals surface area contributed by atoms with Crippen LogP contribution in [0.5, 0.6) is 5.75 Å². The first kappa shape index (κ1) is 28.4. The Labute approximate surface area is 241 Å². The fourth-order valence-corrected chi connectivity index (χ4v) is 5.91. The van der Waals surface area contributed by atoms with Crippen LogP contribution in [-0.2, 0) is 14.6 Å². The van der Waals surface area contributed by atoms with E-state index >= 15 is 0 Å². The maximum Gasteiger partial charge on any atom is 0.204 e. The van der Waals surface area contributed by atoms with Gasteiger partial charge in [0, 0.05) is 47.8 Å². The van der Waals surface area contributed by atoms with E-state index in [4.69, 9.17) is 14.5 Å². The monoisotopic (exact) mass is 628 g/mol. The number of anilines is 1. The van der Waals surface area contributed by atoms with Crippen molar-refractivity contribution in [1.82, 2.24) is 15.3 Å². The molecule has 1 fully saturated rings. The number of nitrogens with zero attached hydrogens (tertiary/aromatic N) is 3. The highest BCUT2D eigenvalue weighted by Crippen LogP contribution is 2.26. The number of benzene rings is 2. The van der Waals surface area contributed by atoms with Crippen molar-refractivity contribution in [2.45, 2.75) is 23.4 Å². The summed E-state index contributed by atoms with van der Waals surface area (Å²) in [7, 11) is -3.79. The Balaban J connectivity index is 1.22. The number of ether oxygens (including phenoxy) is 2. The van der Waals surface area contributed by atoms with Crippen molar-refractivity contribution < 1.29 is 22.3 Å². The molecule has 2 aromatic heterocycles. The highest BCUT2D eigenvalue weighted by atomic mass is 79.9. The van der Waals surface area contributed by atoms with Crippen LogP contribution < -0.4 is 15.0 Å². The molecule has 5 rings (SSSR count). The Hall–Kier alpha value is -3.12. The van der Waals surface area contributed by atoms with Gasteiger partial charge in [-0.1, -0.05) is 22.0 Å². The molecule has 0 bridgehead atoms.